The van der Waals surface area contributed by atoms with E-state index in [-0.39, 0.29) is 11.5 Å². The van der Waals surface area contributed by atoms with Crippen LogP contribution in [0.15, 0.2) is 35.2 Å². The second-order valence-electron chi connectivity index (χ2n) is 4.46. The summed E-state index contributed by atoms with van der Waals surface area (Å²) in [4.78, 5) is 22.9. The second kappa shape index (κ2) is 6.80. The van der Waals surface area contributed by atoms with E-state index in [4.69, 9.17) is 0 Å². The SMILES string of the molecule is CCOC(=O)[C@@](F)(CCS(=O)(=O)c1ccccc1)C(C)=O. The number of alkyl halides is 1. The summed E-state index contributed by atoms with van der Waals surface area (Å²) in [6, 6.07) is 7.45. The minimum absolute atomic E-state index is 0.0137. The van der Waals surface area contributed by atoms with Crippen LogP contribution in [-0.2, 0) is 24.2 Å². The summed E-state index contributed by atoms with van der Waals surface area (Å²) in [6.45, 7) is 2.27. The van der Waals surface area contributed by atoms with E-state index >= 15 is 0 Å². The minimum atomic E-state index is -3.78. The lowest BCUT2D eigenvalue weighted by Crippen LogP contribution is -2.43. The van der Waals surface area contributed by atoms with Gasteiger partial charge in [0, 0.05) is 6.42 Å². The summed E-state index contributed by atoms with van der Waals surface area (Å²) < 4.78 is 43.1. The molecule has 0 aromatic heterocycles. The first-order chi connectivity index (χ1) is 9.74. The predicted octanol–water partition coefficient (Wildman–Crippen LogP) is 1.71. The average molecular weight is 316 g/mol. The summed E-state index contributed by atoms with van der Waals surface area (Å²) in [7, 11) is -3.78. The van der Waals surface area contributed by atoms with Gasteiger partial charge in [-0.1, -0.05) is 18.2 Å². The van der Waals surface area contributed by atoms with Crippen LogP contribution in [0, 0.1) is 0 Å². The highest BCUT2D eigenvalue weighted by molar-refractivity contribution is 7.91. The Bertz CT molecular complexity index is 612. The molecule has 0 unspecified atom stereocenters. The van der Waals surface area contributed by atoms with Gasteiger partial charge in [0.25, 0.3) is 5.67 Å². The smallest absolute Gasteiger partial charge is 0.351 e. The van der Waals surface area contributed by atoms with Crippen LogP contribution in [0.2, 0.25) is 0 Å². The van der Waals surface area contributed by atoms with Gasteiger partial charge in [0.15, 0.2) is 15.6 Å². The van der Waals surface area contributed by atoms with Crippen molar-refractivity contribution >= 4 is 21.6 Å². The van der Waals surface area contributed by atoms with Gasteiger partial charge in [-0.05, 0) is 26.0 Å². The lowest BCUT2D eigenvalue weighted by molar-refractivity contribution is -0.161. The molecule has 21 heavy (non-hydrogen) atoms. The molecular weight excluding hydrogens is 299 g/mol. The molecule has 116 valence electrons. The molecule has 5 nitrogen and oxygen atoms in total. The Kier molecular flexibility index (Phi) is 5.60. The van der Waals surface area contributed by atoms with Crippen LogP contribution in [0.5, 0.6) is 0 Å². The molecule has 1 rings (SSSR count). The molecule has 0 spiro atoms. The van der Waals surface area contributed by atoms with Gasteiger partial charge in [-0.2, -0.15) is 0 Å². The monoisotopic (exact) mass is 316 g/mol. The lowest BCUT2D eigenvalue weighted by Gasteiger charge is -2.20. The highest BCUT2D eigenvalue weighted by atomic mass is 32.2. The fraction of sp³-hybridized carbons (Fsp3) is 0.429. The second-order valence-corrected chi connectivity index (χ2v) is 6.57. The highest BCUT2D eigenvalue weighted by Gasteiger charge is 2.46. The standard InChI is InChI=1S/C14H17FO5S/c1-3-20-13(17)14(15,11(2)16)9-10-21(18,19)12-7-5-4-6-8-12/h4-8H,3,9-10H2,1-2H3/t14-/m1/s1. The van der Waals surface area contributed by atoms with Crippen LogP contribution in [0.25, 0.3) is 0 Å². The van der Waals surface area contributed by atoms with Gasteiger partial charge < -0.3 is 4.74 Å². The third-order valence-corrected chi connectivity index (χ3v) is 4.71. The molecule has 0 aliphatic rings. The maximum Gasteiger partial charge on any atom is 0.351 e. The average Bonchev–Trinajstić information content (AvgIpc) is 2.45. The quantitative estimate of drug-likeness (QED) is 0.565. The van der Waals surface area contributed by atoms with E-state index in [1.165, 1.54) is 31.2 Å². The van der Waals surface area contributed by atoms with Gasteiger partial charge in [0.1, 0.15) is 0 Å². The first-order valence-corrected chi connectivity index (χ1v) is 8.04. The molecule has 0 heterocycles. The van der Waals surface area contributed by atoms with Crippen molar-refractivity contribution in [3.8, 4) is 0 Å². The molecule has 0 aliphatic carbocycles. The Morgan fingerprint density at radius 2 is 1.81 bits per heavy atom. The van der Waals surface area contributed by atoms with Crippen molar-refractivity contribution in [1.29, 1.82) is 0 Å². The number of carbonyl (C=O) groups excluding carboxylic acids is 2. The highest BCUT2D eigenvalue weighted by Crippen LogP contribution is 2.23. The molecule has 1 aromatic carbocycles. The van der Waals surface area contributed by atoms with Crippen molar-refractivity contribution in [1.82, 2.24) is 0 Å². The molecule has 1 aromatic rings. The number of ether oxygens (including phenoxy) is 1. The number of sulfone groups is 1. The van der Waals surface area contributed by atoms with E-state index in [1.54, 1.807) is 6.07 Å². The number of benzene rings is 1. The third kappa shape index (κ3) is 4.10. The molecule has 7 heteroatoms. The van der Waals surface area contributed by atoms with Gasteiger partial charge in [0.05, 0.1) is 17.3 Å². The first kappa shape index (κ1) is 17.3. The van der Waals surface area contributed by atoms with Crippen molar-refractivity contribution < 1.29 is 27.1 Å². The zero-order valence-electron chi connectivity index (χ0n) is 11.8. The number of esters is 1. The number of rotatable bonds is 7. The van der Waals surface area contributed by atoms with Crippen LogP contribution < -0.4 is 0 Å². The van der Waals surface area contributed by atoms with Gasteiger partial charge in [-0.3, -0.25) is 4.79 Å². The maximum absolute atomic E-state index is 14.5. The maximum atomic E-state index is 14.5. The van der Waals surface area contributed by atoms with E-state index in [9.17, 15) is 22.4 Å². The molecular formula is C14H17FO5S. The summed E-state index contributed by atoms with van der Waals surface area (Å²) in [5.74, 6) is -3.07. The Balaban J connectivity index is 2.93. The Labute approximate surface area is 123 Å². The fourth-order valence-corrected chi connectivity index (χ4v) is 3.05. The lowest BCUT2D eigenvalue weighted by atomic mass is 9.99. The van der Waals surface area contributed by atoms with Crippen LogP contribution in [0.1, 0.15) is 20.3 Å². The van der Waals surface area contributed by atoms with E-state index in [0.717, 1.165) is 6.92 Å². The molecule has 0 amide bonds. The number of Topliss-reactive ketones (excluding diaryl/α,β-unsaturated/α-hetero) is 1. The normalized spacial score (nSPS) is 14.2. The van der Waals surface area contributed by atoms with Crippen molar-refractivity contribution in [2.45, 2.75) is 30.8 Å². The van der Waals surface area contributed by atoms with Crippen molar-refractivity contribution in [3.63, 3.8) is 0 Å². The van der Waals surface area contributed by atoms with Crippen molar-refractivity contribution in [3.05, 3.63) is 30.3 Å². The van der Waals surface area contributed by atoms with Gasteiger partial charge in [0.2, 0.25) is 0 Å². The zero-order valence-corrected chi connectivity index (χ0v) is 12.7. The van der Waals surface area contributed by atoms with Gasteiger partial charge in [-0.25, -0.2) is 17.6 Å². The summed E-state index contributed by atoms with van der Waals surface area (Å²) in [5, 5.41) is 0. The molecule has 0 N–H and O–H groups in total. The van der Waals surface area contributed by atoms with Crippen LogP contribution in [-0.4, -0.2) is 38.2 Å². The number of hydrogen-bond acceptors (Lipinski definition) is 5. The largest absolute Gasteiger partial charge is 0.463 e. The molecule has 0 fully saturated rings. The Hall–Kier alpha value is -1.76. The molecule has 0 saturated carbocycles. The van der Waals surface area contributed by atoms with Crippen molar-refractivity contribution in [2.24, 2.45) is 0 Å². The number of ketones is 1. The molecule has 0 radical (unpaired) electrons. The number of halogens is 1. The molecule has 0 bridgehead atoms. The summed E-state index contributed by atoms with van der Waals surface area (Å²) in [6.07, 6.45) is -0.765. The first-order valence-electron chi connectivity index (χ1n) is 6.39. The third-order valence-electron chi connectivity index (χ3n) is 2.97. The van der Waals surface area contributed by atoms with E-state index in [2.05, 4.69) is 4.74 Å². The zero-order chi connectivity index (χ0) is 16.1. The minimum Gasteiger partial charge on any atom is -0.463 e. The predicted molar refractivity (Wildman–Crippen MR) is 74.3 cm³/mol. The Morgan fingerprint density at radius 3 is 2.29 bits per heavy atom. The van der Waals surface area contributed by atoms with Crippen molar-refractivity contribution in [2.75, 3.05) is 12.4 Å². The van der Waals surface area contributed by atoms with E-state index < -0.39 is 39.4 Å². The van der Waals surface area contributed by atoms with Crippen LogP contribution in [0.3, 0.4) is 0 Å². The fourth-order valence-electron chi connectivity index (χ4n) is 1.69. The number of carbonyl (C=O) groups is 2. The molecule has 0 aliphatic heterocycles. The van der Waals surface area contributed by atoms with Crippen LogP contribution in [0.4, 0.5) is 4.39 Å². The number of hydrogen-bond donors (Lipinski definition) is 0. The molecule has 1 atom stereocenters. The molecule has 0 saturated heterocycles. The summed E-state index contributed by atoms with van der Waals surface area (Å²) in [5.41, 5.74) is -2.93. The Morgan fingerprint density at radius 1 is 1.24 bits per heavy atom. The van der Waals surface area contributed by atoms with E-state index in [0.29, 0.717) is 0 Å². The van der Waals surface area contributed by atoms with E-state index in [1.807, 2.05) is 0 Å². The van der Waals surface area contributed by atoms with Gasteiger partial charge in [-0.15, -0.1) is 0 Å². The summed E-state index contributed by atoms with van der Waals surface area (Å²) >= 11 is 0. The van der Waals surface area contributed by atoms with Crippen LogP contribution >= 0.6 is 0 Å². The van der Waals surface area contributed by atoms with Gasteiger partial charge >= 0.3 is 5.97 Å². The topological polar surface area (TPSA) is 77.5 Å².